The molecule has 3 amide bonds. The van der Waals surface area contributed by atoms with Gasteiger partial charge in [-0.25, -0.2) is 4.79 Å². The van der Waals surface area contributed by atoms with Gasteiger partial charge in [-0.3, -0.25) is 9.69 Å². The van der Waals surface area contributed by atoms with Gasteiger partial charge in [0.2, 0.25) is 0 Å². The highest BCUT2D eigenvalue weighted by Crippen LogP contribution is 2.36. The van der Waals surface area contributed by atoms with Crippen molar-refractivity contribution in [1.29, 1.82) is 0 Å². The van der Waals surface area contributed by atoms with Gasteiger partial charge in [-0.1, -0.05) is 22.9 Å². The minimum Gasteiger partial charge on any atom is -0.323 e. The van der Waals surface area contributed by atoms with Gasteiger partial charge in [0.15, 0.2) is 0 Å². The lowest BCUT2D eigenvalue weighted by atomic mass is 9.77. The molecule has 1 saturated heterocycles. The molecular formula is C11H17BrN2O2. The molecule has 1 saturated carbocycles. The Bertz CT molecular complexity index is 311. The Hall–Kier alpha value is -0.580. The highest BCUT2D eigenvalue weighted by molar-refractivity contribution is 9.09. The molecular weight excluding hydrogens is 272 g/mol. The number of hydrogen-bond acceptors (Lipinski definition) is 2. The predicted molar refractivity (Wildman–Crippen MR) is 64.4 cm³/mol. The second kappa shape index (κ2) is 4.35. The molecule has 1 heterocycles. The van der Waals surface area contributed by atoms with Crippen LogP contribution in [-0.4, -0.2) is 34.3 Å². The van der Waals surface area contributed by atoms with Crippen LogP contribution in [0.3, 0.4) is 0 Å². The van der Waals surface area contributed by atoms with E-state index in [9.17, 15) is 9.59 Å². The third-order valence-electron chi connectivity index (χ3n) is 3.68. The largest absolute Gasteiger partial charge is 0.325 e. The van der Waals surface area contributed by atoms with E-state index in [0.717, 1.165) is 25.7 Å². The summed E-state index contributed by atoms with van der Waals surface area (Å²) in [4.78, 5) is 25.3. The van der Waals surface area contributed by atoms with Crippen LogP contribution in [0.4, 0.5) is 4.79 Å². The standard InChI is InChI=1S/C11H17BrN2O2/c1-8-2-4-11(5-3-8)9(15)14(7-6-12)10(16)13-11/h8H,2-7H2,1H3,(H,13,16). The first-order valence-corrected chi connectivity index (χ1v) is 6.91. The van der Waals surface area contributed by atoms with E-state index in [1.54, 1.807) is 0 Å². The number of halogens is 1. The highest BCUT2D eigenvalue weighted by Gasteiger charge is 2.51. The second-order valence-corrected chi connectivity index (χ2v) is 5.63. The Kier molecular flexibility index (Phi) is 3.24. The van der Waals surface area contributed by atoms with Crippen molar-refractivity contribution < 1.29 is 9.59 Å². The van der Waals surface area contributed by atoms with E-state index in [2.05, 4.69) is 28.2 Å². The Labute approximate surface area is 104 Å². The van der Waals surface area contributed by atoms with Crippen molar-refractivity contribution in [3.8, 4) is 0 Å². The molecule has 0 radical (unpaired) electrons. The number of nitrogens with zero attached hydrogens (tertiary/aromatic N) is 1. The molecule has 2 fully saturated rings. The minimum absolute atomic E-state index is 0.0242. The molecule has 0 aromatic carbocycles. The van der Waals surface area contributed by atoms with Gasteiger partial charge in [0, 0.05) is 11.9 Å². The summed E-state index contributed by atoms with van der Waals surface area (Å²) >= 11 is 3.26. The molecule has 2 aliphatic rings. The third kappa shape index (κ3) is 1.85. The maximum absolute atomic E-state index is 12.2. The van der Waals surface area contributed by atoms with Crippen molar-refractivity contribution in [2.75, 3.05) is 11.9 Å². The molecule has 0 aromatic rings. The normalized spacial score (nSPS) is 34.6. The fourth-order valence-corrected chi connectivity index (χ4v) is 2.91. The summed E-state index contributed by atoms with van der Waals surface area (Å²) in [5.74, 6) is 0.643. The second-order valence-electron chi connectivity index (χ2n) is 4.84. The number of alkyl halides is 1. The molecule has 16 heavy (non-hydrogen) atoms. The summed E-state index contributed by atoms with van der Waals surface area (Å²) in [5, 5.41) is 3.53. The quantitative estimate of drug-likeness (QED) is 0.623. The Morgan fingerprint density at radius 1 is 1.44 bits per heavy atom. The van der Waals surface area contributed by atoms with Crippen LogP contribution in [0.15, 0.2) is 0 Å². The number of rotatable bonds is 2. The van der Waals surface area contributed by atoms with E-state index in [1.165, 1.54) is 4.90 Å². The number of carbonyl (C=O) groups is 2. The number of imide groups is 1. The first-order valence-electron chi connectivity index (χ1n) is 5.79. The molecule has 2 rings (SSSR count). The van der Waals surface area contributed by atoms with Gasteiger partial charge in [0.25, 0.3) is 5.91 Å². The van der Waals surface area contributed by atoms with Gasteiger partial charge in [-0.05, 0) is 31.6 Å². The van der Waals surface area contributed by atoms with Crippen molar-refractivity contribution >= 4 is 27.9 Å². The van der Waals surface area contributed by atoms with Crippen molar-refractivity contribution in [1.82, 2.24) is 10.2 Å². The number of carbonyl (C=O) groups excluding carboxylic acids is 2. The Morgan fingerprint density at radius 2 is 2.06 bits per heavy atom. The Morgan fingerprint density at radius 3 is 2.62 bits per heavy atom. The molecule has 1 N–H and O–H groups in total. The molecule has 5 heteroatoms. The molecule has 1 aliphatic heterocycles. The number of urea groups is 1. The van der Waals surface area contributed by atoms with Crippen molar-refractivity contribution in [2.45, 2.75) is 38.1 Å². The van der Waals surface area contributed by atoms with Gasteiger partial charge in [-0.15, -0.1) is 0 Å². The predicted octanol–water partition coefficient (Wildman–Crippen LogP) is 1.88. The van der Waals surface area contributed by atoms with Crippen molar-refractivity contribution in [3.63, 3.8) is 0 Å². The van der Waals surface area contributed by atoms with E-state index in [1.807, 2.05) is 0 Å². The molecule has 1 spiro atoms. The van der Waals surface area contributed by atoms with Crippen molar-refractivity contribution in [2.24, 2.45) is 5.92 Å². The summed E-state index contributed by atoms with van der Waals surface area (Å²) in [6.07, 6.45) is 3.62. The number of hydrogen-bond donors (Lipinski definition) is 1. The van der Waals surface area contributed by atoms with Gasteiger partial charge < -0.3 is 5.32 Å². The summed E-state index contributed by atoms with van der Waals surface area (Å²) < 4.78 is 0. The van der Waals surface area contributed by atoms with Crippen LogP contribution >= 0.6 is 15.9 Å². The van der Waals surface area contributed by atoms with E-state index >= 15 is 0 Å². The van der Waals surface area contributed by atoms with Crippen LogP contribution in [0.2, 0.25) is 0 Å². The first-order chi connectivity index (χ1) is 7.59. The fraction of sp³-hybridized carbons (Fsp3) is 0.818. The zero-order valence-corrected chi connectivity index (χ0v) is 11.0. The van der Waals surface area contributed by atoms with Gasteiger partial charge in [0.1, 0.15) is 5.54 Å². The van der Waals surface area contributed by atoms with Gasteiger partial charge in [-0.2, -0.15) is 0 Å². The summed E-state index contributed by atoms with van der Waals surface area (Å²) in [7, 11) is 0. The van der Waals surface area contributed by atoms with Crippen LogP contribution in [0.5, 0.6) is 0 Å². The van der Waals surface area contributed by atoms with Crippen LogP contribution in [0, 0.1) is 5.92 Å². The van der Waals surface area contributed by atoms with Crippen molar-refractivity contribution in [3.05, 3.63) is 0 Å². The fourth-order valence-electron chi connectivity index (χ4n) is 2.56. The average molecular weight is 289 g/mol. The molecule has 4 nitrogen and oxygen atoms in total. The third-order valence-corrected chi connectivity index (χ3v) is 4.04. The van der Waals surface area contributed by atoms with Crippen LogP contribution in [0.1, 0.15) is 32.6 Å². The minimum atomic E-state index is -0.578. The molecule has 0 atom stereocenters. The lowest BCUT2D eigenvalue weighted by molar-refractivity contribution is -0.132. The summed E-state index contributed by atoms with van der Waals surface area (Å²) in [6.45, 7) is 2.66. The molecule has 0 aromatic heterocycles. The highest BCUT2D eigenvalue weighted by atomic mass is 79.9. The number of nitrogens with one attached hydrogen (secondary N) is 1. The van der Waals surface area contributed by atoms with Crippen LogP contribution < -0.4 is 5.32 Å². The smallest absolute Gasteiger partial charge is 0.323 e. The lowest BCUT2D eigenvalue weighted by Crippen LogP contribution is -2.49. The lowest BCUT2D eigenvalue weighted by Gasteiger charge is -2.33. The first kappa shape index (κ1) is 11.9. The maximum Gasteiger partial charge on any atom is 0.325 e. The number of amides is 3. The van der Waals surface area contributed by atoms with Crippen LogP contribution in [-0.2, 0) is 4.79 Å². The summed E-state index contributed by atoms with van der Waals surface area (Å²) in [6, 6.07) is -0.223. The van der Waals surface area contributed by atoms with E-state index in [4.69, 9.17) is 0 Å². The maximum atomic E-state index is 12.2. The molecule has 0 unspecified atom stereocenters. The zero-order chi connectivity index (χ0) is 11.8. The summed E-state index contributed by atoms with van der Waals surface area (Å²) in [5.41, 5.74) is -0.578. The zero-order valence-electron chi connectivity index (χ0n) is 9.46. The van der Waals surface area contributed by atoms with E-state index in [-0.39, 0.29) is 11.9 Å². The monoisotopic (exact) mass is 288 g/mol. The molecule has 90 valence electrons. The molecule has 1 aliphatic carbocycles. The SMILES string of the molecule is CC1CCC2(CC1)NC(=O)N(CCBr)C2=O. The molecule has 0 bridgehead atoms. The Balaban J connectivity index is 2.13. The van der Waals surface area contributed by atoms with E-state index in [0.29, 0.717) is 17.8 Å². The topological polar surface area (TPSA) is 49.4 Å². The van der Waals surface area contributed by atoms with Gasteiger partial charge >= 0.3 is 6.03 Å². The van der Waals surface area contributed by atoms with Crippen LogP contribution in [0.25, 0.3) is 0 Å². The average Bonchev–Trinajstić information content (AvgIpc) is 2.49. The van der Waals surface area contributed by atoms with E-state index < -0.39 is 5.54 Å². The van der Waals surface area contributed by atoms with Gasteiger partial charge in [0.05, 0.1) is 0 Å².